The molecule has 1 heterocycles. The van der Waals surface area contributed by atoms with Gasteiger partial charge in [-0.15, -0.1) is 0 Å². The van der Waals surface area contributed by atoms with Crippen LogP contribution in [0.2, 0.25) is 5.15 Å². The lowest BCUT2D eigenvalue weighted by atomic mass is 10.0. The molecule has 0 bridgehead atoms. The Morgan fingerprint density at radius 2 is 2.28 bits per heavy atom. The lowest BCUT2D eigenvalue weighted by molar-refractivity contribution is -0.384. The van der Waals surface area contributed by atoms with Crippen molar-refractivity contribution in [2.24, 2.45) is 0 Å². The molecule has 1 unspecified atom stereocenters. The Balaban J connectivity index is 2.76. The van der Waals surface area contributed by atoms with Crippen LogP contribution in [0.3, 0.4) is 0 Å². The Morgan fingerprint density at radius 1 is 1.61 bits per heavy atom. The first-order chi connectivity index (χ1) is 8.34. The molecule has 0 spiro atoms. The summed E-state index contributed by atoms with van der Waals surface area (Å²) in [5.41, 5.74) is -1.01. The van der Waals surface area contributed by atoms with E-state index in [1.165, 1.54) is 12.1 Å². The first-order valence-electron chi connectivity index (χ1n) is 5.62. The molecule has 6 nitrogen and oxygen atoms in total. The minimum absolute atomic E-state index is 0.0434. The number of rotatable bonds is 6. The summed E-state index contributed by atoms with van der Waals surface area (Å²) < 4.78 is 0. The first-order valence-corrected chi connectivity index (χ1v) is 6.00. The lowest BCUT2D eigenvalue weighted by Crippen LogP contribution is -2.33. The normalized spacial score (nSPS) is 14.0. The number of hydrogen-bond acceptors (Lipinski definition) is 5. The second-order valence-electron chi connectivity index (χ2n) is 4.39. The summed E-state index contributed by atoms with van der Waals surface area (Å²) in [6, 6.07) is 2.46. The molecule has 18 heavy (non-hydrogen) atoms. The second kappa shape index (κ2) is 5.97. The van der Waals surface area contributed by atoms with Gasteiger partial charge < -0.3 is 10.4 Å². The summed E-state index contributed by atoms with van der Waals surface area (Å²) in [5, 5.41) is 23.5. The number of pyridine rings is 1. The van der Waals surface area contributed by atoms with Crippen LogP contribution in [0.5, 0.6) is 0 Å². The minimum Gasteiger partial charge on any atom is -0.388 e. The lowest BCUT2D eigenvalue weighted by Gasteiger charge is -2.23. The molecule has 1 aromatic rings. The van der Waals surface area contributed by atoms with Gasteiger partial charge in [-0.3, -0.25) is 10.1 Å². The molecule has 2 N–H and O–H groups in total. The topological polar surface area (TPSA) is 88.3 Å². The highest BCUT2D eigenvalue weighted by Gasteiger charge is 2.19. The summed E-state index contributed by atoms with van der Waals surface area (Å²) >= 11 is 5.69. The number of aliphatic hydroxyl groups is 1. The van der Waals surface area contributed by atoms with Crippen LogP contribution in [-0.4, -0.2) is 27.2 Å². The van der Waals surface area contributed by atoms with Crippen LogP contribution in [0.4, 0.5) is 11.5 Å². The third-order valence-corrected chi connectivity index (χ3v) is 2.62. The standard InChI is InChI=1S/C11H16ClN3O3/c1-3-4-11(2,16)7-13-10-6-8(15(17)18)5-9(12)14-10/h5-6,16H,3-4,7H2,1-2H3,(H,13,14). The molecule has 1 atom stereocenters. The van der Waals surface area contributed by atoms with Gasteiger partial charge >= 0.3 is 0 Å². The molecule has 0 aromatic carbocycles. The van der Waals surface area contributed by atoms with Crippen LogP contribution >= 0.6 is 11.6 Å². The molecule has 1 rings (SSSR count). The number of halogens is 1. The number of anilines is 1. The van der Waals surface area contributed by atoms with Crippen LogP contribution in [-0.2, 0) is 0 Å². The molecular formula is C11H16ClN3O3. The average Bonchev–Trinajstić information content (AvgIpc) is 2.26. The summed E-state index contributed by atoms with van der Waals surface area (Å²) in [6.45, 7) is 3.92. The predicted molar refractivity (Wildman–Crippen MR) is 69.9 cm³/mol. The van der Waals surface area contributed by atoms with Crippen LogP contribution in [0.1, 0.15) is 26.7 Å². The van der Waals surface area contributed by atoms with Crippen LogP contribution in [0, 0.1) is 10.1 Å². The van der Waals surface area contributed by atoms with Crippen LogP contribution in [0.15, 0.2) is 12.1 Å². The zero-order chi connectivity index (χ0) is 13.8. The molecular weight excluding hydrogens is 258 g/mol. The molecule has 100 valence electrons. The van der Waals surface area contributed by atoms with Gasteiger partial charge in [0.25, 0.3) is 5.69 Å². The average molecular weight is 274 g/mol. The van der Waals surface area contributed by atoms with E-state index in [1.54, 1.807) is 6.92 Å². The Bertz CT molecular complexity index is 438. The van der Waals surface area contributed by atoms with Crippen LogP contribution in [0.25, 0.3) is 0 Å². The summed E-state index contributed by atoms with van der Waals surface area (Å²) in [5.74, 6) is 0.283. The van der Waals surface area contributed by atoms with E-state index in [-0.39, 0.29) is 23.2 Å². The Hall–Kier alpha value is -1.40. The SMILES string of the molecule is CCCC(C)(O)CNc1cc([N+](=O)[O-])cc(Cl)n1. The van der Waals surface area contributed by atoms with E-state index in [2.05, 4.69) is 10.3 Å². The van der Waals surface area contributed by atoms with E-state index >= 15 is 0 Å². The first kappa shape index (κ1) is 14.7. The minimum atomic E-state index is -0.881. The molecule has 0 saturated heterocycles. The van der Waals surface area contributed by atoms with Gasteiger partial charge in [-0.1, -0.05) is 24.9 Å². The second-order valence-corrected chi connectivity index (χ2v) is 4.78. The third kappa shape index (κ3) is 4.46. The highest BCUT2D eigenvalue weighted by atomic mass is 35.5. The van der Waals surface area contributed by atoms with Crippen molar-refractivity contribution in [2.45, 2.75) is 32.3 Å². The zero-order valence-electron chi connectivity index (χ0n) is 10.3. The third-order valence-electron chi connectivity index (χ3n) is 2.43. The zero-order valence-corrected chi connectivity index (χ0v) is 11.1. The van der Waals surface area contributed by atoms with Gasteiger partial charge in [0.2, 0.25) is 0 Å². The van der Waals surface area contributed by atoms with E-state index in [9.17, 15) is 15.2 Å². The number of nitro groups is 1. The fourth-order valence-corrected chi connectivity index (χ4v) is 1.79. The maximum atomic E-state index is 10.7. The highest BCUT2D eigenvalue weighted by molar-refractivity contribution is 6.29. The highest BCUT2D eigenvalue weighted by Crippen LogP contribution is 2.21. The Labute approximate surface area is 110 Å². The van der Waals surface area contributed by atoms with Gasteiger partial charge in [0.15, 0.2) is 0 Å². The van der Waals surface area contributed by atoms with Crippen molar-refractivity contribution in [1.29, 1.82) is 0 Å². The van der Waals surface area contributed by atoms with E-state index < -0.39 is 10.5 Å². The van der Waals surface area contributed by atoms with Gasteiger partial charge in [0, 0.05) is 6.54 Å². The van der Waals surface area contributed by atoms with E-state index in [4.69, 9.17) is 11.6 Å². The van der Waals surface area contributed by atoms with Crippen molar-refractivity contribution < 1.29 is 10.0 Å². The quantitative estimate of drug-likeness (QED) is 0.472. The van der Waals surface area contributed by atoms with Gasteiger partial charge in [-0.2, -0.15) is 0 Å². The van der Waals surface area contributed by atoms with Gasteiger partial charge in [0.1, 0.15) is 11.0 Å². The fourth-order valence-electron chi connectivity index (χ4n) is 1.59. The van der Waals surface area contributed by atoms with Crippen LogP contribution < -0.4 is 5.32 Å². The van der Waals surface area contributed by atoms with Crippen molar-refractivity contribution in [3.05, 3.63) is 27.4 Å². The molecule has 1 aromatic heterocycles. The van der Waals surface area contributed by atoms with Gasteiger partial charge in [0.05, 0.1) is 22.7 Å². The van der Waals surface area contributed by atoms with Gasteiger partial charge in [-0.05, 0) is 13.3 Å². The summed E-state index contributed by atoms with van der Waals surface area (Å²) in [6.07, 6.45) is 1.47. The molecule has 7 heteroatoms. The van der Waals surface area contributed by atoms with Crippen molar-refractivity contribution in [3.8, 4) is 0 Å². The molecule has 0 fully saturated rings. The fraction of sp³-hybridized carbons (Fsp3) is 0.545. The summed E-state index contributed by atoms with van der Waals surface area (Å²) in [7, 11) is 0. The molecule has 0 amide bonds. The maximum Gasteiger partial charge on any atom is 0.276 e. The molecule has 0 aliphatic heterocycles. The predicted octanol–water partition coefficient (Wildman–Crippen LogP) is 2.61. The van der Waals surface area contributed by atoms with E-state index in [0.29, 0.717) is 6.42 Å². The van der Waals surface area contributed by atoms with Crippen molar-refractivity contribution >= 4 is 23.1 Å². The van der Waals surface area contributed by atoms with E-state index in [1.807, 2.05) is 6.92 Å². The van der Waals surface area contributed by atoms with E-state index in [0.717, 1.165) is 6.42 Å². The number of hydrogen-bond donors (Lipinski definition) is 2. The van der Waals surface area contributed by atoms with Gasteiger partial charge in [-0.25, -0.2) is 4.98 Å². The Kier molecular flexibility index (Phi) is 4.86. The molecule has 0 aliphatic carbocycles. The molecule has 0 aliphatic rings. The largest absolute Gasteiger partial charge is 0.388 e. The monoisotopic (exact) mass is 273 g/mol. The number of aromatic nitrogens is 1. The number of nitrogens with zero attached hydrogens (tertiary/aromatic N) is 2. The molecule has 0 radical (unpaired) electrons. The van der Waals surface area contributed by atoms with Crippen molar-refractivity contribution in [3.63, 3.8) is 0 Å². The molecule has 0 saturated carbocycles. The maximum absolute atomic E-state index is 10.7. The van der Waals surface area contributed by atoms with Crippen molar-refractivity contribution in [1.82, 2.24) is 4.98 Å². The summed E-state index contributed by atoms with van der Waals surface area (Å²) in [4.78, 5) is 14.0. The Morgan fingerprint density at radius 3 is 2.83 bits per heavy atom. The van der Waals surface area contributed by atoms with Crippen molar-refractivity contribution in [2.75, 3.05) is 11.9 Å². The smallest absolute Gasteiger partial charge is 0.276 e. The number of nitrogens with one attached hydrogen (secondary N) is 1.